The van der Waals surface area contributed by atoms with Crippen molar-refractivity contribution in [2.45, 2.75) is 24.1 Å². The molecule has 2 heterocycles. The standard InChI is InChI=1S/C22H24F3N5O4S.C2H4O2/c23-22(24,25)16-3-7-19(8-4-16)35(32,33)29-11-9-28(10-12-29)13-18-14-30(21(31)34-18)17-5-1-15(2-6-17)20(26)27;1-2(3)4/h1-8,18H,9-14H2,(H3,26,27);1H3,(H,3,4). The molecule has 1 amide bonds. The normalized spacial score (nSPS) is 18.7. The molecule has 212 valence electrons. The number of nitrogen functional groups attached to an aromatic ring is 1. The molecule has 4 rings (SSSR count). The number of alkyl halides is 3. The lowest BCUT2D eigenvalue weighted by Crippen LogP contribution is -2.50. The monoisotopic (exact) mass is 571 g/mol. The quantitative estimate of drug-likeness (QED) is 0.352. The van der Waals surface area contributed by atoms with Gasteiger partial charge in [-0.25, -0.2) is 13.2 Å². The SMILES string of the molecule is CC(=O)O.N=C(N)c1ccc(N2CC(CN3CCN(S(=O)(=O)c4ccc(C(F)(F)F)cc4)CC3)OC2=O)cc1. The summed E-state index contributed by atoms with van der Waals surface area (Å²) in [6.07, 6.45) is -5.44. The summed E-state index contributed by atoms with van der Waals surface area (Å²) in [5, 5.41) is 14.9. The molecule has 0 aliphatic carbocycles. The average Bonchev–Trinajstić information content (AvgIpc) is 3.23. The molecule has 2 aliphatic rings. The summed E-state index contributed by atoms with van der Waals surface area (Å²) in [5.41, 5.74) is 5.71. The van der Waals surface area contributed by atoms with Crippen molar-refractivity contribution in [2.75, 3.05) is 44.2 Å². The van der Waals surface area contributed by atoms with E-state index in [0.29, 0.717) is 37.4 Å². The minimum absolute atomic E-state index is 0.0714. The largest absolute Gasteiger partial charge is 0.481 e. The molecule has 2 aliphatic heterocycles. The molecule has 0 bridgehead atoms. The number of nitrogens with two attached hydrogens (primary N) is 1. The fourth-order valence-electron chi connectivity index (χ4n) is 4.05. The van der Waals surface area contributed by atoms with Crippen LogP contribution in [0.5, 0.6) is 0 Å². The summed E-state index contributed by atoms with van der Waals surface area (Å²) in [6.45, 7) is 2.94. The van der Waals surface area contributed by atoms with E-state index in [0.717, 1.165) is 31.2 Å². The summed E-state index contributed by atoms with van der Waals surface area (Å²) < 4.78 is 70.7. The van der Waals surface area contributed by atoms with Crippen molar-refractivity contribution in [3.8, 4) is 0 Å². The molecule has 4 N–H and O–H groups in total. The summed E-state index contributed by atoms with van der Waals surface area (Å²) in [4.78, 5) is 24.6. The Labute approximate surface area is 223 Å². The van der Waals surface area contributed by atoms with E-state index < -0.39 is 39.9 Å². The molecule has 1 unspecified atom stereocenters. The van der Waals surface area contributed by atoms with E-state index in [1.165, 1.54) is 9.21 Å². The number of cyclic esters (lactones) is 1. The Bertz CT molecular complexity index is 1290. The van der Waals surface area contributed by atoms with Crippen LogP contribution in [0, 0.1) is 5.41 Å². The van der Waals surface area contributed by atoms with Gasteiger partial charge in [0.1, 0.15) is 11.9 Å². The molecule has 0 saturated carbocycles. The lowest BCUT2D eigenvalue weighted by Gasteiger charge is -2.34. The summed E-state index contributed by atoms with van der Waals surface area (Å²) in [6, 6.07) is 10.1. The lowest BCUT2D eigenvalue weighted by molar-refractivity contribution is -0.137. The molecule has 15 heteroatoms. The van der Waals surface area contributed by atoms with Crippen molar-refractivity contribution >= 4 is 33.6 Å². The first-order valence-electron chi connectivity index (χ1n) is 11.7. The molecule has 0 radical (unpaired) electrons. The van der Waals surface area contributed by atoms with Gasteiger partial charge >= 0.3 is 12.3 Å². The highest BCUT2D eigenvalue weighted by atomic mass is 32.2. The number of sulfonamides is 1. The Balaban J connectivity index is 0.000000983. The number of ether oxygens (including phenoxy) is 1. The van der Waals surface area contributed by atoms with Gasteiger partial charge < -0.3 is 15.6 Å². The molecule has 2 aromatic carbocycles. The number of rotatable bonds is 6. The summed E-state index contributed by atoms with van der Waals surface area (Å²) >= 11 is 0. The van der Waals surface area contributed by atoms with Crippen LogP contribution in [0.1, 0.15) is 18.1 Å². The lowest BCUT2D eigenvalue weighted by atomic mass is 10.2. The number of amides is 1. The number of anilines is 1. The van der Waals surface area contributed by atoms with E-state index >= 15 is 0 Å². The van der Waals surface area contributed by atoms with Gasteiger partial charge in [0.2, 0.25) is 10.0 Å². The highest BCUT2D eigenvalue weighted by Crippen LogP contribution is 2.30. The smallest absolute Gasteiger partial charge is 0.416 e. The third-order valence-electron chi connectivity index (χ3n) is 5.98. The van der Waals surface area contributed by atoms with Crippen LogP contribution < -0.4 is 10.6 Å². The minimum atomic E-state index is -4.54. The number of benzene rings is 2. The number of nitrogens with one attached hydrogen (secondary N) is 1. The van der Waals surface area contributed by atoms with Crippen molar-refractivity contribution in [3.63, 3.8) is 0 Å². The number of hydrogen-bond donors (Lipinski definition) is 3. The van der Waals surface area contributed by atoms with Crippen molar-refractivity contribution in [1.82, 2.24) is 9.21 Å². The molecular formula is C24H28F3N5O6S. The number of nitrogens with zero attached hydrogens (tertiary/aromatic N) is 3. The fraction of sp³-hybridized carbons (Fsp3) is 0.375. The van der Waals surface area contributed by atoms with Gasteiger partial charge in [-0.05, 0) is 48.5 Å². The van der Waals surface area contributed by atoms with Gasteiger partial charge in [-0.3, -0.25) is 20.0 Å². The second-order valence-corrected chi connectivity index (χ2v) is 10.8. The Morgan fingerprint density at radius 3 is 2.10 bits per heavy atom. The minimum Gasteiger partial charge on any atom is -0.481 e. The number of carboxylic acids is 1. The van der Waals surface area contributed by atoms with E-state index in [1.807, 2.05) is 4.90 Å². The van der Waals surface area contributed by atoms with Crippen LogP contribution in [0.4, 0.5) is 23.7 Å². The molecule has 2 aromatic rings. The van der Waals surface area contributed by atoms with Crippen LogP contribution in [0.2, 0.25) is 0 Å². The van der Waals surface area contributed by atoms with E-state index in [9.17, 15) is 26.4 Å². The van der Waals surface area contributed by atoms with Crippen molar-refractivity contribution in [3.05, 3.63) is 59.7 Å². The first kappa shape index (κ1) is 29.9. The fourth-order valence-corrected chi connectivity index (χ4v) is 5.48. The molecule has 11 nitrogen and oxygen atoms in total. The third-order valence-corrected chi connectivity index (χ3v) is 7.89. The zero-order valence-electron chi connectivity index (χ0n) is 20.9. The maximum Gasteiger partial charge on any atom is 0.416 e. The van der Waals surface area contributed by atoms with Gasteiger partial charge in [-0.1, -0.05) is 0 Å². The Kier molecular flexibility index (Phi) is 9.19. The van der Waals surface area contributed by atoms with Crippen LogP contribution in [0.25, 0.3) is 0 Å². The number of carbonyl (C=O) groups excluding carboxylic acids is 1. The molecule has 1 atom stereocenters. The number of aliphatic carboxylic acids is 1. The number of hydrogen-bond acceptors (Lipinski definition) is 7. The molecule has 39 heavy (non-hydrogen) atoms. The maximum atomic E-state index is 12.8. The highest BCUT2D eigenvalue weighted by molar-refractivity contribution is 7.89. The molecular weight excluding hydrogens is 543 g/mol. The topological polar surface area (TPSA) is 157 Å². The van der Waals surface area contributed by atoms with Gasteiger partial charge in [0.05, 0.1) is 17.0 Å². The number of carboxylic acid groups (broad SMARTS) is 1. The van der Waals surface area contributed by atoms with Crippen LogP contribution in [0.15, 0.2) is 53.4 Å². The molecule has 2 saturated heterocycles. The van der Waals surface area contributed by atoms with Gasteiger partial charge in [0.25, 0.3) is 5.97 Å². The average molecular weight is 572 g/mol. The number of halogens is 3. The number of piperazine rings is 1. The highest BCUT2D eigenvalue weighted by Gasteiger charge is 2.36. The maximum absolute atomic E-state index is 12.8. The van der Waals surface area contributed by atoms with E-state index in [-0.39, 0.29) is 23.8 Å². The van der Waals surface area contributed by atoms with Crippen molar-refractivity contribution < 1.29 is 41.0 Å². The van der Waals surface area contributed by atoms with Crippen LogP contribution in [0.3, 0.4) is 0 Å². The number of amidine groups is 1. The third kappa shape index (κ3) is 7.68. The molecule has 2 fully saturated rings. The predicted molar refractivity (Wildman–Crippen MR) is 135 cm³/mol. The van der Waals surface area contributed by atoms with Crippen LogP contribution >= 0.6 is 0 Å². The van der Waals surface area contributed by atoms with Crippen LogP contribution in [-0.2, 0) is 25.7 Å². The zero-order valence-corrected chi connectivity index (χ0v) is 21.7. The van der Waals surface area contributed by atoms with Gasteiger partial charge in [-0.15, -0.1) is 0 Å². The van der Waals surface area contributed by atoms with Crippen LogP contribution in [-0.4, -0.2) is 86.0 Å². The Morgan fingerprint density at radius 2 is 1.62 bits per heavy atom. The number of carbonyl (C=O) groups is 2. The molecule has 0 spiro atoms. The van der Waals surface area contributed by atoms with Crippen molar-refractivity contribution in [2.24, 2.45) is 5.73 Å². The summed E-state index contributed by atoms with van der Waals surface area (Å²) in [7, 11) is -3.92. The zero-order chi connectivity index (χ0) is 29.0. The predicted octanol–water partition coefficient (Wildman–Crippen LogP) is 2.41. The summed E-state index contributed by atoms with van der Waals surface area (Å²) in [5.74, 6) is -0.905. The second kappa shape index (κ2) is 12.0. The van der Waals surface area contributed by atoms with E-state index in [2.05, 4.69) is 0 Å². The van der Waals surface area contributed by atoms with Gasteiger partial charge in [0, 0.05) is 50.9 Å². The van der Waals surface area contributed by atoms with Crippen molar-refractivity contribution in [1.29, 1.82) is 5.41 Å². The first-order valence-corrected chi connectivity index (χ1v) is 13.1. The Morgan fingerprint density at radius 1 is 1.08 bits per heavy atom. The second-order valence-electron chi connectivity index (χ2n) is 8.82. The van der Waals surface area contributed by atoms with E-state index in [1.54, 1.807) is 24.3 Å². The van der Waals surface area contributed by atoms with Gasteiger partial charge in [-0.2, -0.15) is 17.5 Å². The first-order chi connectivity index (χ1) is 18.2. The Hall–Kier alpha value is -3.69. The van der Waals surface area contributed by atoms with Gasteiger partial charge in [0.15, 0.2) is 0 Å². The van der Waals surface area contributed by atoms with E-state index in [4.69, 9.17) is 25.8 Å². The molecule has 0 aromatic heterocycles.